The fourth-order valence-electron chi connectivity index (χ4n) is 5.78. The third kappa shape index (κ3) is 1.53. The summed E-state index contributed by atoms with van der Waals surface area (Å²) in [6.07, 6.45) is 2.38. The Bertz CT molecular complexity index is 806. The molecule has 1 saturated carbocycles. The van der Waals surface area contributed by atoms with E-state index in [4.69, 9.17) is 9.72 Å². The van der Waals surface area contributed by atoms with Crippen molar-refractivity contribution in [2.45, 2.75) is 45.6 Å². The third-order valence-electron chi connectivity index (χ3n) is 7.27. The van der Waals surface area contributed by atoms with Gasteiger partial charge in [-0.25, -0.2) is 4.98 Å². The van der Waals surface area contributed by atoms with Crippen LogP contribution in [0.25, 0.3) is 11.0 Å². The molecule has 3 atom stereocenters. The van der Waals surface area contributed by atoms with Crippen LogP contribution in [0.1, 0.15) is 44.4 Å². The molecular formula is C19H25N3O. The average molecular weight is 311 g/mol. The fraction of sp³-hybridized carbons (Fsp3) is 0.632. The molecule has 0 aromatic carbocycles. The molecule has 0 spiro atoms. The molecule has 5 rings (SSSR count). The van der Waals surface area contributed by atoms with Gasteiger partial charge >= 0.3 is 0 Å². The number of aromatic nitrogens is 2. The number of nitrogens with one attached hydrogen (secondary N) is 1. The molecule has 3 aliphatic rings. The first-order valence-corrected chi connectivity index (χ1v) is 8.74. The number of piperidine rings is 1. The second-order valence-electron chi connectivity index (χ2n) is 8.53. The SMILES string of the molecule is COc1ccc2[nH]c3c(c2n1)CCN1CC2(C)CC3C1C2(C)C. The summed E-state index contributed by atoms with van der Waals surface area (Å²) >= 11 is 0. The molecule has 2 aromatic rings. The predicted molar refractivity (Wildman–Crippen MR) is 91.0 cm³/mol. The Labute approximate surface area is 137 Å². The Balaban J connectivity index is 1.71. The van der Waals surface area contributed by atoms with Gasteiger partial charge in [-0.1, -0.05) is 20.8 Å². The van der Waals surface area contributed by atoms with Crippen molar-refractivity contribution in [3.8, 4) is 5.88 Å². The fourth-order valence-corrected chi connectivity index (χ4v) is 5.78. The van der Waals surface area contributed by atoms with E-state index in [2.05, 4.69) is 36.7 Å². The van der Waals surface area contributed by atoms with Crippen molar-refractivity contribution in [1.29, 1.82) is 0 Å². The first-order valence-electron chi connectivity index (χ1n) is 8.74. The normalized spacial score (nSPS) is 34.6. The Kier molecular flexibility index (Phi) is 2.47. The molecule has 23 heavy (non-hydrogen) atoms. The Hall–Kier alpha value is -1.55. The van der Waals surface area contributed by atoms with Crippen LogP contribution in [-0.4, -0.2) is 41.1 Å². The molecule has 0 amide bonds. The highest BCUT2D eigenvalue weighted by atomic mass is 16.5. The molecule has 4 heteroatoms. The summed E-state index contributed by atoms with van der Waals surface area (Å²) in [6.45, 7) is 9.85. The van der Waals surface area contributed by atoms with Crippen LogP contribution in [0.3, 0.4) is 0 Å². The van der Waals surface area contributed by atoms with E-state index in [0.29, 0.717) is 28.7 Å². The lowest BCUT2D eigenvalue weighted by Gasteiger charge is -2.33. The molecule has 3 unspecified atom stereocenters. The van der Waals surface area contributed by atoms with Crippen LogP contribution in [0.5, 0.6) is 5.88 Å². The highest BCUT2D eigenvalue weighted by Gasteiger charge is 2.65. The molecule has 1 N–H and O–H groups in total. The van der Waals surface area contributed by atoms with Crippen molar-refractivity contribution in [3.63, 3.8) is 0 Å². The van der Waals surface area contributed by atoms with E-state index in [1.54, 1.807) is 7.11 Å². The summed E-state index contributed by atoms with van der Waals surface area (Å²) in [6, 6.07) is 4.73. The summed E-state index contributed by atoms with van der Waals surface area (Å²) < 4.78 is 5.34. The highest BCUT2D eigenvalue weighted by Crippen LogP contribution is 2.65. The van der Waals surface area contributed by atoms with Gasteiger partial charge in [0.05, 0.1) is 18.1 Å². The summed E-state index contributed by atoms with van der Waals surface area (Å²) in [4.78, 5) is 11.2. The van der Waals surface area contributed by atoms with Crippen LogP contribution < -0.4 is 4.74 Å². The van der Waals surface area contributed by atoms with Gasteiger partial charge < -0.3 is 9.72 Å². The van der Waals surface area contributed by atoms with Crippen molar-refractivity contribution < 1.29 is 4.74 Å². The maximum absolute atomic E-state index is 5.34. The number of pyridine rings is 1. The number of fused-ring (bicyclic) bond motifs is 5. The summed E-state index contributed by atoms with van der Waals surface area (Å²) in [7, 11) is 1.69. The number of rotatable bonds is 1. The van der Waals surface area contributed by atoms with Crippen molar-refractivity contribution >= 4 is 11.0 Å². The quantitative estimate of drug-likeness (QED) is 0.878. The van der Waals surface area contributed by atoms with Crippen molar-refractivity contribution in [1.82, 2.24) is 14.9 Å². The van der Waals surface area contributed by atoms with Crippen LogP contribution in [0, 0.1) is 10.8 Å². The van der Waals surface area contributed by atoms with Crippen LogP contribution in [0.2, 0.25) is 0 Å². The lowest BCUT2D eigenvalue weighted by atomic mass is 9.71. The van der Waals surface area contributed by atoms with Crippen LogP contribution in [-0.2, 0) is 6.42 Å². The summed E-state index contributed by atoms with van der Waals surface area (Å²) in [5.74, 6) is 1.32. The molecule has 2 aliphatic heterocycles. The lowest BCUT2D eigenvalue weighted by Crippen LogP contribution is -2.39. The number of hydrogen-bond acceptors (Lipinski definition) is 3. The molecule has 2 fully saturated rings. The number of aromatic amines is 1. The van der Waals surface area contributed by atoms with E-state index in [1.165, 1.54) is 24.2 Å². The van der Waals surface area contributed by atoms with Gasteiger partial charge in [0.15, 0.2) is 0 Å². The van der Waals surface area contributed by atoms with Gasteiger partial charge in [0.25, 0.3) is 0 Å². The van der Waals surface area contributed by atoms with Crippen LogP contribution in [0.15, 0.2) is 12.1 Å². The third-order valence-corrected chi connectivity index (χ3v) is 7.27. The van der Waals surface area contributed by atoms with Crippen molar-refractivity contribution in [3.05, 3.63) is 23.4 Å². The van der Waals surface area contributed by atoms with Gasteiger partial charge in [0, 0.05) is 42.4 Å². The van der Waals surface area contributed by atoms with E-state index < -0.39 is 0 Å². The molecule has 0 radical (unpaired) electrons. The van der Waals surface area contributed by atoms with E-state index in [1.807, 2.05) is 6.07 Å². The first kappa shape index (κ1) is 13.8. The molecule has 4 nitrogen and oxygen atoms in total. The minimum atomic E-state index is 0.377. The maximum Gasteiger partial charge on any atom is 0.213 e. The minimum Gasteiger partial charge on any atom is -0.481 e. The van der Waals surface area contributed by atoms with Gasteiger partial charge in [-0.2, -0.15) is 0 Å². The van der Waals surface area contributed by atoms with Crippen LogP contribution in [0.4, 0.5) is 0 Å². The summed E-state index contributed by atoms with van der Waals surface area (Å²) in [5, 5.41) is 0. The minimum absolute atomic E-state index is 0.377. The van der Waals surface area contributed by atoms with Gasteiger partial charge in [-0.15, -0.1) is 0 Å². The zero-order valence-corrected chi connectivity index (χ0v) is 14.4. The summed E-state index contributed by atoms with van der Waals surface area (Å²) in [5.41, 5.74) is 5.96. The Morgan fingerprint density at radius 3 is 2.87 bits per heavy atom. The highest BCUT2D eigenvalue weighted by molar-refractivity contribution is 5.81. The number of H-pyrrole nitrogens is 1. The Morgan fingerprint density at radius 2 is 2.13 bits per heavy atom. The largest absolute Gasteiger partial charge is 0.481 e. The molecule has 1 saturated heterocycles. The van der Waals surface area contributed by atoms with E-state index in [9.17, 15) is 0 Å². The zero-order chi connectivity index (χ0) is 16.0. The number of ether oxygens (including phenoxy) is 1. The number of nitrogens with zero attached hydrogens (tertiary/aromatic N) is 2. The van der Waals surface area contributed by atoms with Gasteiger partial charge in [-0.05, 0) is 29.7 Å². The van der Waals surface area contributed by atoms with Gasteiger partial charge in [-0.3, -0.25) is 4.90 Å². The second kappa shape index (κ2) is 4.10. The molecule has 122 valence electrons. The molecule has 4 heterocycles. The monoisotopic (exact) mass is 311 g/mol. The van der Waals surface area contributed by atoms with Gasteiger partial charge in [0.1, 0.15) is 0 Å². The lowest BCUT2D eigenvalue weighted by molar-refractivity contribution is 0.169. The van der Waals surface area contributed by atoms with E-state index in [-0.39, 0.29) is 0 Å². The average Bonchev–Trinajstić information content (AvgIpc) is 3.01. The van der Waals surface area contributed by atoms with Crippen LogP contribution >= 0.6 is 0 Å². The maximum atomic E-state index is 5.34. The molecular weight excluding hydrogens is 286 g/mol. The topological polar surface area (TPSA) is 41.1 Å². The van der Waals surface area contributed by atoms with Crippen molar-refractivity contribution in [2.24, 2.45) is 10.8 Å². The predicted octanol–water partition coefficient (Wildman–Crippen LogP) is 3.33. The van der Waals surface area contributed by atoms with Crippen molar-refractivity contribution in [2.75, 3.05) is 20.2 Å². The standard InChI is InChI=1S/C19H25N3O/c1-18(2)17-12-9-19(18,3)10-22(17)8-7-11-15(12)20-13-5-6-14(23-4)21-16(11)13/h5-6,12,17,20H,7-10H2,1-4H3. The molecule has 2 bridgehead atoms. The number of hydrogen-bond donors (Lipinski definition) is 1. The van der Waals surface area contributed by atoms with E-state index in [0.717, 1.165) is 24.0 Å². The molecule has 1 aliphatic carbocycles. The smallest absolute Gasteiger partial charge is 0.213 e. The second-order valence-corrected chi connectivity index (χ2v) is 8.53. The zero-order valence-electron chi connectivity index (χ0n) is 14.4. The first-order chi connectivity index (χ1) is 10.9. The van der Waals surface area contributed by atoms with E-state index >= 15 is 0 Å². The van der Waals surface area contributed by atoms with Gasteiger partial charge in [0.2, 0.25) is 5.88 Å². The number of methoxy groups -OCH3 is 1. The molecule has 2 aromatic heterocycles. The Morgan fingerprint density at radius 1 is 1.30 bits per heavy atom.